The van der Waals surface area contributed by atoms with Crippen molar-refractivity contribution in [2.24, 2.45) is 0 Å². The summed E-state index contributed by atoms with van der Waals surface area (Å²) in [5.41, 5.74) is 1.22. The van der Waals surface area contributed by atoms with E-state index in [9.17, 15) is 4.79 Å². The van der Waals surface area contributed by atoms with Gasteiger partial charge in [0.2, 0.25) is 0 Å². The quantitative estimate of drug-likeness (QED) is 0.911. The summed E-state index contributed by atoms with van der Waals surface area (Å²) in [6.07, 6.45) is 1.65. The lowest BCUT2D eigenvalue weighted by molar-refractivity contribution is 0.187. The Bertz CT molecular complexity index is 532. The molecule has 2 rings (SSSR count). The number of pyridine rings is 1. The summed E-state index contributed by atoms with van der Waals surface area (Å²) in [6, 6.07) is 1.86. The van der Waals surface area contributed by atoms with E-state index in [1.165, 1.54) is 0 Å². The predicted octanol–water partition coefficient (Wildman–Crippen LogP) is 1.13. The molecule has 80 valence electrons. The van der Waals surface area contributed by atoms with Crippen molar-refractivity contribution in [3.63, 3.8) is 0 Å². The monoisotopic (exact) mass is 271 g/mol. The van der Waals surface area contributed by atoms with Crippen LogP contribution in [0.3, 0.4) is 0 Å². The molecule has 2 heterocycles. The molecule has 0 saturated carbocycles. The predicted molar refractivity (Wildman–Crippen MR) is 59.9 cm³/mol. The van der Waals surface area contributed by atoms with Gasteiger partial charge in [-0.3, -0.25) is 9.55 Å². The van der Waals surface area contributed by atoms with Crippen molar-refractivity contribution in [1.29, 1.82) is 0 Å². The van der Waals surface area contributed by atoms with Crippen molar-refractivity contribution < 1.29 is 4.74 Å². The van der Waals surface area contributed by atoms with Crippen LogP contribution in [0.4, 0.5) is 0 Å². The zero-order chi connectivity index (χ0) is 10.8. The maximum absolute atomic E-state index is 11.6. The number of halogens is 1. The molecular weight excluding hydrogens is 262 g/mol. The molecule has 0 aromatic carbocycles. The molecule has 2 aromatic rings. The van der Waals surface area contributed by atoms with Gasteiger partial charge in [0.15, 0.2) is 5.65 Å². The second-order valence-corrected chi connectivity index (χ2v) is 4.01. The highest BCUT2D eigenvalue weighted by Gasteiger charge is 2.07. The summed E-state index contributed by atoms with van der Waals surface area (Å²) in [6.45, 7) is 1.02. The minimum atomic E-state index is -0.160. The lowest BCUT2D eigenvalue weighted by atomic mass is 10.4. The minimum absolute atomic E-state index is 0.160. The highest BCUT2D eigenvalue weighted by molar-refractivity contribution is 9.10. The fourth-order valence-electron chi connectivity index (χ4n) is 1.41. The number of ether oxygens (including phenoxy) is 1. The molecule has 0 fully saturated rings. The van der Waals surface area contributed by atoms with Crippen LogP contribution in [0.5, 0.6) is 0 Å². The van der Waals surface area contributed by atoms with Crippen LogP contribution in [0, 0.1) is 0 Å². The van der Waals surface area contributed by atoms with Gasteiger partial charge in [-0.2, -0.15) is 0 Å². The number of nitrogens with one attached hydrogen (secondary N) is 1. The lowest BCUT2D eigenvalue weighted by Gasteiger charge is -2.01. The summed E-state index contributed by atoms with van der Waals surface area (Å²) in [5, 5.41) is 0. The molecule has 0 unspecified atom stereocenters. The maximum atomic E-state index is 11.6. The first-order valence-corrected chi connectivity index (χ1v) is 5.24. The Kier molecular flexibility index (Phi) is 2.88. The molecule has 0 aliphatic rings. The molecule has 0 aliphatic carbocycles. The molecule has 1 N–H and O–H groups in total. The van der Waals surface area contributed by atoms with Crippen molar-refractivity contribution in [2.75, 3.05) is 13.7 Å². The Balaban J connectivity index is 2.55. The van der Waals surface area contributed by atoms with E-state index in [1.54, 1.807) is 17.9 Å². The van der Waals surface area contributed by atoms with Gasteiger partial charge in [0.1, 0.15) is 0 Å². The molecule has 15 heavy (non-hydrogen) atoms. The van der Waals surface area contributed by atoms with E-state index in [-0.39, 0.29) is 5.69 Å². The third kappa shape index (κ3) is 1.95. The molecule has 2 aromatic heterocycles. The Hall–Kier alpha value is -1.14. The third-order valence-electron chi connectivity index (χ3n) is 2.11. The average Bonchev–Trinajstić information content (AvgIpc) is 2.51. The Morgan fingerprint density at radius 2 is 2.47 bits per heavy atom. The highest BCUT2D eigenvalue weighted by Crippen LogP contribution is 2.14. The summed E-state index contributed by atoms with van der Waals surface area (Å²) < 4.78 is 7.40. The van der Waals surface area contributed by atoms with Gasteiger partial charge < -0.3 is 4.74 Å². The van der Waals surface area contributed by atoms with Crippen LogP contribution in [0.2, 0.25) is 0 Å². The number of rotatable bonds is 3. The summed E-state index contributed by atoms with van der Waals surface area (Å²) in [5.74, 6) is 0. The third-order valence-corrected chi connectivity index (χ3v) is 2.55. The average molecular weight is 272 g/mol. The van der Waals surface area contributed by atoms with Crippen LogP contribution >= 0.6 is 15.9 Å². The first-order chi connectivity index (χ1) is 7.22. The molecular formula is C9H10BrN3O2. The summed E-state index contributed by atoms with van der Waals surface area (Å²) in [7, 11) is 1.61. The van der Waals surface area contributed by atoms with Crippen LogP contribution in [-0.2, 0) is 11.3 Å². The number of nitrogens with zero attached hydrogens (tertiary/aromatic N) is 2. The van der Waals surface area contributed by atoms with Gasteiger partial charge in [0.25, 0.3) is 0 Å². The molecule has 0 aliphatic heterocycles. The van der Waals surface area contributed by atoms with Crippen LogP contribution in [0.1, 0.15) is 0 Å². The van der Waals surface area contributed by atoms with Gasteiger partial charge >= 0.3 is 5.69 Å². The number of fused-ring (bicyclic) bond motifs is 1. The SMILES string of the molecule is COCCn1c(=O)[nH]c2ncc(Br)cc21. The van der Waals surface area contributed by atoms with Gasteiger partial charge in [-0.1, -0.05) is 0 Å². The Morgan fingerprint density at radius 3 is 3.20 bits per heavy atom. The number of aromatic nitrogens is 3. The Labute approximate surface area is 94.2 Å². The molecule has 0 bridgehead atoms. The molecule has 0 atom stereocenters. The maximum Gasteiger partial charge on any atom is 0.327 e. The topological polar surface area (TPSA) is 59.9 Å². The molecule has 0 amide bonds. The van der Waals surface area contributed by atoms with Crippen molar-refractivity contribution in [3.05, 3.63) is 27.2 Å². The summed E-state index contributed by atoms with van der Waals surface area (Å²) >= 11 is 3.32. The normalized spacial score (nSPS) is 11.1. The van der Waals surface area contributed by atoms with Gasteiger partial charge in [-0.25, -0.2) is 9.78 Å². The molecule has 0 radical (unpaired) electrons. The van der Waals surface area contributed by atoms with Crippen LogP contribution in [0.25, 0.3) is 11.2 Å². The van der Waals surface area contributed by atoms with Crippen molar-refractivity contribution >= 4 is 27.1 Å². The standard InChI is InChI=1S/C9H10BrN3O2/c1-15-3-2-13-7-4-6(10)5-11-8(7)12-9(13)14/h4-5H,2-3H2,1H3,(H,11,12,14). The van der Waals surface area contributed by atoms with Gasteiger partial charge in [0, 0.05) is 17.8 Å². The zero-order valence-electron chi connectivity index (χ0n) is 8.16. The van der Waals surface area contributed by atoms with Crippen LogP contribution in [0.15, 0.2) is 21.5 Å². The van der Waals surface area contributed by atoms with Crippen molar-refractivity contribution in [1.82, 2.24) is 14.5 Å². The Morgan fingerprint density at radius 1 is 1.67 bits per heavy atom. The van der Waals surface area contributed by atoms with Crippen LogP contribution < -0.4 is 5.69 Å². The second kappa shape index (κ2) is 4.16. The fourth-order valence-corrected chi connectivity index (χ4v) is 1.73. The number of H-pyrrole nitrogens is 1. The highest BCUT2D eigenvalue weighted by atomic mass is 79.9. The largest absolute Gasteiger partial charge is 0.383 e. The van der Waals surface area contributed by atoms with E-state index in [1.807, 2.05) is 6.07 Å². The minimum Gasteiger partial charge on any atom is -0.383 e. The van der Waals surface area contributed by atoms with Gasteiger partial charge in [-0.15, -0.1) is 0 Å². The smallest absolute Gasteiger partial charge is 0.327 e. The van der Waals surface area contributed by atoms with E-state index in [0.29, 0.717) is 18.8 Å². The number of imidazole rings is 1. The molecule has 6 heteroatoms. The van der Waals surface area contributed by atoms with Crippen LogP contribution in [-0.4, -0.2) is 28.3 Å². The second-order valence-electron chi connectivity index (χ2n) is 3.10. The number of aromatic amines is 1. The number of hydrogen-bond donors (Lipinski definition) is 1. The molecule has 0 spiro atoms. The number of methoxy groups -OCH3 is 1. The van der Waals surface area contributed by atoms with E-state index in [2.05, 4.69) is 25.9 Å². The molecule has 5 nitrogen and oxygen atoms in total. The fraction of sp³-hybridized carbons (Fsp3) is 0.333. The first-order valence-electron chi connectivity index (χ1n) is 4.45. The van der Waals surface area contributed by atoms with Gasteiger partial charge in [0.05, 0.1) is 18.7 Å². The lowest BCUT2D eigenvalue weighted by Crippen LogP contribution is -2.19. The van der Waals surface area contributed by atoms with E-state index in [4.69, 9.17) is 4.74 Å². The summed E-state index contributed by atoms with van der Waals surface area (Å²) in [4.78, 5) is 18.3. The number of hydrogen-bond acceptors (Lipinski definition) is 3. The van der Waals surface area contributed by atoms with Crippen molar-refractivity contribution in [3.8, 4) is 0 Å². The van der Waals surface area contributed by atoms with E-state index in [0.717, 1.165) is 9.99 Å². The first kappa shape index (κ1) is 10.4. The van der Waals surface area contributed by atoms with Gasteiger partial charge in [-0.05, 0) is 22.0 Å². The zero-order valence-corrected chi connectivity index (χ0v) is 9.74. The molecule has 0 saturated heterocycles. The van der Waals surface area contributed by atoms with E-state index >= 15 is 0 Å². The van der Waals surface area contributed by atoms with E-state index < -0.39 is 0 Å². The van der Waals surface area contributed by atoms with Crippen molar-refractivity contribution in [2.45, 2.75) is 6.54 Å².